The molecular weight excluding hydrogens is 230 g/mol. The van der Waals surface area contributed by atoms with Crippen LogP contribution in [0.15, 0.2) is 0 Å². The Labute approximate surface area is 110 Å². The number of hydrogen-bond donors (Lipinski definition) is 2. The third-order valence-corrected chi connectivity index (χ3v) is 3.73. The van der Waals surface area contributed by atoms with E-state index in [4.69, 9.17) is 4.74 Å². The zero-order valence-electron chi connectivity index (χ0n) is 11.9. The first-order chi connectivity index (χ1) is 8.50. The Morgan fingerprint density at radius 3 is 2.50 bits per heavy atom. The summed E-state index contributed by atoms with van der Waals surface area (Å²) < 4.78 is 5.34. The SMILES string of the molecule is CCC1(C(=O)NCC(O)COCC(C)C)CCC1. The predicted molar refractivity (Wildman–Crippen MR) is 71.2 cm³/mol. The third-order valence-electron chi connectivity index (χ3n) is 3.73. The molecule has 1 fully saturated rings. The summed E-state index contributed by atoms with van der Waals surface area (Å²) in [6.45, 7) is 7.41. The molecule has 0 aromatic carbocycles. The van der Waals surface area contributed by atoms with E-state index in [2.05, 4.69) is 26.1 Å². The number of rotatable bonds is 8. The molecule has 1 aliphatic rings. The Kier molecular flexibility index (Phi) is 6.09. The van der Waals surface area contributed by atoms with Gasteiger partial charge in [0.2, 0.25) is 5.91 Å². The molecule has 1 rings (SSSR count). The van der Waals surface area contributed by atoms with Crippen LogP contribution in [0.25, 0.3) is 0 Å². The highest BCUT2D eigenvalue weighted by atomic mass is 16.5. The molecule has 1 saturated carbocycles. The van der Waals surface area contributed by atoms with Crippen molar-refractivity contribution in [3.05, 3.63) is 0 Å². The number of hydrogen-bond acceptors (Lipinski definition) is 3. The highest BCUT2D eigenvalue weighted by molar-refractivity contribution is 5.83. The maximum atomic E-state index is 12.0. The maximum Gasteiger partial charge on any atom is 0.226 e. The second-order valence-corrected chi connectivity index (χ2v) is 5.78. The lowest BCUT2D eigenvalue weighted by molar-refractivity contribution is -0.136. The Hall–Kier alpha value is -0.610. The van der Waals surface area contributed by atoms with E-state index in [1.807, 2.05) is 0 Å². The van der Waals surface area contributed by atoms with Crippen LogP contribution in [0.2, 0.25) is 0 Å². The van der Waals surface area contributed by atoms with Crippen LogP contribution >= 0.6 is 0 Å². The molecule has 1 amide bonds. The van der Waals surface area contributed by atoms with Crippen molar-refractivity contribution >= 4 is 5.91 Å². The standard InChI is InChI=1S/C14H27NO3/c1-4-14(6-5-7-14)13(17)15-8-12(16)10-18-9-11(2)3/h11-12,16H,4-10H2,1-3H3,(H,15,17). The third kappa shape index (κ3) is 4.25. The molecule has 4 heteroatoms. The zero-order valence-corrected chi connectivity index (χ0v) is 11.9. The van der Waals surface area contributed by atoms with Crippen molar-refractivity contribution < 1.29 is 14.6 Å². The van der Waals surface area contributed by atoms with Gasteiger partial charge in [0.05, 0.1) is 12.7 Å². The van der Waals surface area contributed by atoms with Crippen LogP contribution < -0.4 is 5.32 Å². The number of ether oxygens (including phenoxy) is 1. The van der Waals surface area contributed by atoms with Gasteiger partial charge in [-0.05, 0) is 25.2 Å². The maximum absolute atomic E-state index is 12.0. The molecule has 0 aliphatic heterocycles. The molecule has 1 unspecified atom stereocenters. The second-order valence-electron chi connectivity index (χ2n) is 5.78. The molecule has 2 N–H and O–H groups in total. The summed E-state index contributed by atoms with van der Waals surface area (Å²) >= 11 is 0. The van der Waals surface area contributed by atoms with E-state index in [1.165, 1.54) is 0 Å². The van der Waals surface area contributed by atoms with Gasteiger partial charge in [0.1, 0.15) is 0 Å². The van der Waals surface area contributed by atoms with E-state index in [9.17, 15) is 9.90 Å². The van der Waals surface area contributed by atoms with Crippen LogP contribution in [0.3, 0.4) is 0 Å². The molecule has 0 saturated heterocycles. The Morgan fingerprint density at radius 1 is 1.39 bits per heavy atom. The fourth-order valence-electron chi connectivity index (χ4n) is 2.24. The molecule has 4 nitrogen and oxygen atoms in total. The first-order valence-electron chi connectivity index (χ1n) is 7.04. The van der Waals surface area contributed by atoms with Crippen LogP contribution in [0, 0.1) is 11.3 Å². The van der Waals surface area contributed by atoms with Gasteiger partial charge in [0.15, 0.2) is 0 Å². The van der Waals surface area contributed by atoms with E-state index in [1.54, 1.807) is 0 Å². The molecule has 1 aliphatic carbocycles. The largest absolute Gasteiger partial charge is 0.389 e. The van der Waals surface area contributed by atoms with Crippen molar-refractivity contribution in [3.8, 4) is 0 Å². The molecule has 106 valence electrons. The van der Waals surface area contributed by atoms with Gasteiger partial charge in [-0.1, -0.05) is 27.2 Å². The summed E-state index contributed by atoms with van der Waals surface area (Å²) in [6.07, 6.45) is 3.38. The van der Waals surface area contributed by atoms with Gasteiger partial charge >= 0.3 is 0 Å². The van der Waals surface area contributed by atoms with E-state index in [-0.39, 0.29) is 17.9 Å². The fraction of sp³-hybridized carbons (Fsp3) is 0.929. The summed E-state index contributed by atoms with van der Waals surface area (Å²) in [7, 11) is 0. The minimum atomic E-state index is -0.610. The Morgan fingerprint density at radius 2 is 2.06 bits per heavy atom. The molecule has 18 heavy (non-hydrogen) atoms. The quantitative estimate of drug-likeness (QED) is 0.696. The van der Waals surface area contributed by atoms with Crippen molar-refractivity contribution in [1.82, 2.24) is 5.32 Å². The van der Waals surface area contributed by atoms with E-state index < -0.39 is 6.10 Å². The van der Waals surface area contributed by atoms with Crippen molar-refractivity contribution in [2.45, 2.75) is 52.6 Å². The smallest absolute Gasteiger partial charge is 0.226 e. The molecule has 0 heterocycles. The number of amides is 1. The minimum Gasteiger partial charge on any atom is -0.389 e. The molecule has 0 spiro atoms. The molecule has 0 radical (unpaired) electrons. The second kappa shape index (κ2) is 7.10. The average molecular weight is 257 g/mol. The summed E-state index contributed by atoms with van der Waals surface area (Å²) in [4.78, 5) is 12.0. The van der Waals surface area contributed by atoms with Gasteiger partial charge in [-0.2, -0.15) is 0 Å². The zero-order chi connectivity index (χ0) is 13.6. The van der Waals surface area contributed by atoms with Gasteiger partial charge in [0, 0.05) is 18.6 Å². The molecule has 1 atom stereocenters. The normalized spacial score (nSPS) is 19.4. The number of carbonyl (C=O) groups is 1. The van der Waals surface area contributed by atoms with Crippen LogP contribution in [0.4, 0.5) is 0 Å². The lowest BCUT2D eigenvalue weighted by Gasteiger charge is -2.39. The fourth-order valence-corrected chi connectivity index (χ4v) is 2.24. The number of aliphatic hydroxyl groups is 1. The first kappa shape index (κ1) is 15.4. The van der Waals surface area contributed by atoms with Gasteiger partial charge in [-0.15, -0.1) is 0 Å². The number of nitrogens with one attached hydrogen (secondary N) is 1. The molecular formula is C14H27NO3. The molecule has 0 aromatic heterocycles. The summed E-state index contributed by atoms with van der Waals surface area (Å²) in [5.74, 6) is 0.560. The van der Waals surface area contributed by atoms with Crippen molar-refractivity contribution in [2.75, 3.05) is 19.8 Å². The summed E-state index contributed by atoms with van der Waals surface area (Å²) in [5.41, 5.74) is -0.154. The Bertz CT molecular complexity index is 256. The van der Waals surface area contributed by atoms with Gasteiger partial charge < -0.3 is 15.2 Å². The van der Waals surface area contributed by atoms with Gasteiger partial charge in [-0.25, -0.2) is 0 Å². The van der Waals surface area contributed by atoms with E-state index in [0.29, 0.717) is 19.1 Å². The summed E-state index contributed by atoms with van der Waals surface area (Å²) in [6, 6.07) is 0. The van der Waals surface area contributed by atoms with Crippen molar-refractivity contribution in [3.63, 3.8) is 0 Å². The predicted octanol–water partition coefficient (Wildman–Crippen LogP) is 1.72. The minimum absolute atomic E-state index is 0.0964. The number of carbonyl (C=O) groups excluding carboxylic acids is 1. The van der Waals surface area contributed by atoms with Gasteiger partial charge in [-0.3, -0.25) is 4.79 Å². The van der Waals surface area contributed by atoms with Crippen LogP contribution in [0.1, 0.15) is 46.5 Å². The average Bonchev–Trinajstić information content (AvgIpc) is 2.25. The number of aliphatic hydroxyl groups excluding tert-OH is 1. The Balaban J connectivity index is 2.17. The highest BCUT2D eigenvalue weighted by Gasteiger charge is 2.42. The topological polar surface area (TPSA) is 58.6 Å². The lowest BCUT2D eigenvalue weighted by Crippen LogP contribution is -2.47. The van der Waals surface area contributed by atoms with Gasteiger partial charge in [0.25, 0.3) is 0 Å². The monoisotopic (exact) mass is 257 g/mol. The highest BCUT2D eigenvalue weighted by Crippen LogP contribution is 2.43. The van der Waals surface area contributed by atoms with Crippen LogP contribution in [-0.4, -0.2) is 36.9 Å². The summed E-state index contributed by atoms with van der Waals surface area (Å²) in [5, 5.41) is 12.5. The van der Waals surface area contributed by atoms with E-state index >= 15 is 0 Å². The first-order valence-corrected chi connectivity index (χ1v) is 7.04. The van der Waals surface area contributed by atoms with Crippen LogP contribution in [-0.2, 0) is 9.53 Å². The van der Waals surface area contributed by atoms with E-state index in [0.717, 1.165) is 25.7 Å². The van der Waals surface area contributed by atoms with Crippen molar-refractivity contribution in [1.29, 1.82) is 0 Å². The lowest BCUT2D eigenvalue weighted by atomic mass is 9.66. The van der Waals surface area contributed by atoms with Crippen molar-refractivity contribution in [2.24, 2.45) is 11.3 Å². The molecule has 0 aromatic rings. The molecule has 0 bridgehead atoms. The van der Waals surface area contributed by atoms with Crippen LogP contribution in [0.5, 0.6) is 0 Å².